The number of alkyl halides is 1. The van der Waals surface area contributed by atoms with Crippen molar-refractivity contribution in [2.24, 2.45) is 0 Å². The van der Waals surface area contributed by atoms with Crippen LogP contribution in [0, 0.1) is 18.6 Å². The Labute approximate surface area is 288 Å². The van der Waals surface area contributed by atoms with Crippen molar-refractivity contribution in [3.8, 4) is 17.1 Å². The first-order valence-electron chi connectivity index (χ1n) is 14.8. The molecule has 1 unspecified atom stereocenters. The van der Waals surface area contributed by atoms with Gasteiger partial charge in [0.1, 0.15) is 22.8 Å². The smallest absolute Gasteiger partial charge is 0.487 e. The van der Waals surface area contributed by atoms with E-state index in [4.69, 9.17) is 16.5 Å². The number of nitrogens with zero attached hydrogens (tertiary/aromatic N) is 3. The van der Waals surface area contributed by atoms with Crippen LogP contribution in [0.5, 0.6) is 5.75 Å². The van der Waals surface area contributed by atoms with Gasteiger partial charge < -0.3 is 8.98 Å². The molecule has 0 amide bonds. The topological polar surface area (TPSA) is 83.2 Å². The molecule has 0 spiro atoms. The maximum atomic E-state index is 14.6. The van der Waals surface area contributed by atoms with Gasteiger partial charge in [-0.25, -0.2) is 27.2 Å². The zero-order valence-corrected chi connectivity index (χ0v) is 29.7. The molecule has 1 aromatic heterocycles. The van der Waals surface area contributed by atoms with Crippen molar-refractivity contribution in [1.29, 1.82) is 0 Å². The normalized spacial score (nSPS) is 11.7. The van der Waals surface area contributed by atoms with Gasteiger partial charge >= 0.3 is 29.6 Å². The van der Waals surface area contributed by atoms with E-state index in [2.05, 4.69) is 28.1 Å². The van der Waals surface area contributed by atoms with Gasteiger partial charge in [0.15, 0.2) is 17.4 Å². The van der Waals surface area contributed by atoms with Crippen LogP contribution in [0.25, 0.3) is 15.6 Å². The fourth-order valence-electron chi connectivity index (χ4n) is 4.18. The first kappa shape index (κ1) is 40.3. The van der Waals surface area contributed by atoms with E-state index in [0.29, 0.717) is 6.42 Å². The zero-order chi connectivity index (χ0) is 31.7. The summed E-state index contributed by atoms with van der Waals surface area (Å²) in [5, 5.41) is 0. The molecular formula is C32H42ClF3N3NaO3S. The molecule has 3 rings (SSSR count). The summed E-state index contributed by atoms with van der Waals surface area (Å²) < 4.78 is 72.9. The van der Waals surface area contributed by atoms with Gasteiger partial charge in [-0.2, -0.15) is 4.39 Å². The first-order valence-corrected chi connectivity index (χ1v) is 16.6. The average Bonchev–Trinajstić information content (AvgIpc) is 3.01. The maximum Gasteiger partial charge on any atom is 1.00 e. The molecule has 44 heavy (non-hydrogen) atoms. The Kier molecular flexibility index (Phi) is 20.1. The Morgan fingerprint density at radius 2 is 1.45 bits per heavy atom. The number of ether oxygens (including phenoxy) is 1. The number of benzene rings is 2. The molecule has 6 nitrogen and oxygen atoms in total. The monoisotopic (exact) mass is 663 g/mol. The van der Waals surface area contributed by atoms with Crippen molar-refractivity contribution in [3.63, 3.8) is 0 Å². The number of sulfonamides is 1. The molecule has 1 heterocycles. The van der Waals surface area contributed by atoms with Gasteiger partial charge in [-0.05, 0) is 56.0 Å². The quantitative estimate of drug-likeness (QED) is 0.117. The maximum absolute atomic E-state index is 14.6. The summed E-state index contributed by atoms with van der Waals surface area (Å²) >= 11 is 4.90. The Bertz CT molecular complexity index is 1340. The van der Waals surface area contributed by atoms with E-state index >= 15 is 0 Å². The first-order chi connectivity index (χ1) is 20.6. The molecule has 3 aromatic rings. The molecule has 2 aromatic carbocycles. The fourth-order valence-corrected chi connectivity index (χ4v) is 4.98. The SMILES string of the molecule is CCCCCCCc1cnc(-c2ccc(OCC(F)CCCCCC)c(F)c2F)nc1.Cc1ccc(S(=O)(=O)[N-]Cl)cc1.[Na+]. The third-order valence-corrected chi connectivity index (χ3v) is 8.36. The van der Waals surface area contributed by atoms with Gasteiger partial charge in [-0.3, -0.25) is 11.8 Å². The van der Waals surface area contributed by atoms with Crippen molar-refractivity contribution in [2.75, 3.05) is 6.61 Å². The number of unbranched alkanes of at least 4 members (excludes halogenated alkanes) is 7. The van der Waals surface area contributed by atoms with Crippen LogP contribution in [0.3, 0.4) is 0 Å². The largest absolute Gasteiger partial charge is 1.00 e. The van der Waals surface area contributed by atoms with Gasteiger partial charge in [0.05, 0.1) is 5.56 Å². The molecule has 0 N–H and O–H groups in total. The summed E-state index contributed by atoms with van der Waals surface area (Å²) in [6.45, 7) is 5.85. The Hall–Kier alpha value is -1.69. The van der Waals surface area contributed by atoms with Gasteiger partial charge in [0, 0.05) is 17.3 Å². The Morgan fingerprint density at radius 1 is 0.864 bits per heavy atom. The fraction of sp³-hybridized carbons (Fsp3) is 0.500. The van der Waals surface area contributed by atoms with Gasteiger partial charge in [0.2, 0.25) is 5.82 Å². The minimum atomic E-state index is -3.62. The van der Waals surface area contributed by atoms with Crippen molar-refractivity contribution in [2.45, 2.75) is 102 Å². The van der Waals surface area contributed by atoms with Crippen molar-refractivity contribution in [1.82, 2.24) is 9.97 Å². The molecule has 0 radical (unpaired) electrons. The second-order valence-corrected chi connectivity index (χ2v) is 12.4. The number of aryl methyl sites for hydroxylation is 2. The summed E-state index contributed by atoms with van der Waals surface area (Å²) in [4.78, 5) is 8.51. The van der Waals surface area contributed by atoms with Crippen molar-refractivity contribution >= 4 is 21.8 Å². The second kappa shape index (κ2) is 21.9. The Morgan fingerprint density at radius 3 is 2.05 bits per heavy atom. The van der Waals surface area contributed by atoms with Crippen LogP contribution in [-0.2, 0) is 16.4 Å². The van der Waals surface area contributed by atoms with E-state index in [1.165, 1.54) is 43.5 Å². The molecule has 0 saturated carbocycles. The van der Waals surface area contributed by atoms with E-state index in [1.54, 1.807) is 24.5 Å². The molecule has 0 aliphatic heterocycles. The number of hydrogen-bond donors (Lipinski definition) is 0. The molecule has 0 saturated heterocycles. The minimum Gasteiger partial charge on any atom is -0.487 e. The van der Waals surface area contributed by atoms with E-state index in [0.717, 1.165) is 56.1 Å². The van der Waals surface area contributed by atoms with Gasteiger partial charge in [-0.1, -0.05) is 82.9 Å². The predicted molar refractivity (Wildman–Crippen MR) is 167 cm³/mol. The van der Waals surface area contributed by atoms with E-state index in [-0.39, 0.29) is 58.2 Å². The molecule has 0 aliphatic carbocycles. The van der Waals surface area contributed by atoms with Crippen LogP contribution >= 0.6 is 11.8 Å². The molecule has 1 atom stereocenters. The Balaban J connectivity index is 0.000000624. The van der Waals surface area contributed by atoms with Crippen LogP contribution in [0.2, 0.25) is 0 Å². The standard InChI is InChI=1S/C25H35F3N2O.C7H7ClNO2S.Na/c1-3-5-7-9-10-12-19-16-29-25(30-17-19)21-14-15-22(24(28)23(21)27)31-18-20(26)13-11-8-6-4-2;1-6-2-4-7(5-3-6)12(10,11)9-8;/h14-17,20H,3-13,18H2,1-2H3;2-5H,1H3;/q;-1;+1. The summed E-state index contributed by atoms with van der Waals surface area (Å²) in [6.07, 6.45) is 13.1. The van der Waals surface area contributed by atoms with Gasteiger partial charge in [0.25, 0.3) is 0 Å². The van der Waals surface area contributed by atoms with E-state index < -0.39 is 27.8 Å². The van der Waals surface area contributed by atoms with E-state index in [1.807, 2.05) is 6.92 Å². The zero-order valence-electron chi connectivity index (χ0n) is 26.2. The summed E-state index contributed by atoms with van der Waals surface area (Å²) in [6, 6.07) is 9.00. The molecule has 0 aliphatic rings. The summed E-state index contributed by atoms with van der Waals surface area (Å²) in [7, 11) is -3.62. The van der Waals surface area contributed by atoms with Crippen LogP contribution in [-0.4, -0.2) is 31.2 Å². The molecule has 0 bridgehead atoms. The molecule has 238 valence electrons. The van der Waals surface area contributed by atoms with Crippen LogP contribution < -0.4 is 34.3 Å². The number of halogens is 4. The minimum absolute atomic E-state index is 0. The summed E-state index contributed by atoms with van der Waals surface area (Å²) in [5.74, 6) is -2.39. The second-order valence-electron chi connectivity index (χ2n) is 10.4. The van der Waals surface area contributed by atoms with Crippen molar-refractivity contribution in [3.05, 3.63) is 75.8 Å². The third-order valence-electron chi connectivity index (χ3n) is 6.76. The molecule has 12 heteroatoms. The molecular weight excluding hydrogens is 622 g/mol. The predicted octanol–water partition coefficient (Wildman–Crippen LogP) is 6.84. The number of rotatable bonds is 17. The molecule has 0 fully saturated rings. The van der Waals surface area contributed by atoms with Crippen LogP contribution in [0.1, 0.15) is 89.2 Å². The average molecular weight is 664 g/mol. The third kappa shape index (κ3) is 14.2. The number of hydrogen-bond acceptors (Lipinski definition) is 5. The number of aromatic nitrogens is 2. The van der Waals surface area contributed by atoms with Crippen LogP contribution in [0.15, 0.2) is 53.7 Å². The van der Waals surface area contributed by atoms with E-state index in [9.17, 15) is 21.6 Å². The van der Waals surface area contributed by atoms with Gasteiger partial charge in [-0.15, -0.1) is 0 Å². The van der Waals surface area contributed by atoms with Crippen LogP contribution in [0.4, 0.5) is 13.2 Å². The summed E-state index contributed by atoms with van der Waals surface area (Å²) in [5.41, 5.74) is 1.94. The van der Waals surface area contributed by atoms with Crippen molar-refractivity contribution < 1.29 is 55.9 Å².